The molecule has 0 spiro atoms. The highest BCUT2D eigenvalue weighted by Gasteiger charge is 2.22. The third kappa shape index (κ3) is 4.12. The van der Waals surface area contributed by atoms with Gasteiger partial charge in [-0.3, -0.25) is 4.90 Å². The van der Waals surface area contributed by atoms with Gasteiger partial charge in [0.1, 0.15) is 16.8 Å². The van der Waals surface area contributed by atoms with Crippen molar-refractivity contribution in [3.8, 4) is 11.8 Å². The van der Waals surface area contributed by atoms with E-state index in [-0.39, 0.29) is 0 Å². The SMILES string of the molecule is N#Cc1ccc(OCC2COC2)cc1N1CCN(Cc2nc3ccccc3s2)CC1. The van der Waals surface area contributed by atoms with Crippen molar-refractivity contribution in [1.29, 1.82) is 5.26 Å². The lowest BCUT2D eigenvalue weighted by Crippen LogP contribution is -2.46. The topological polar surface area (TPSA) is 61.6 Å². The Morgan fingerprint density at radius 3 is 2.70 bits per heavy atom. The molecule has 0 unspecified atom stereocenters. The molecule has 0 aliphatic carbocycles. The van der Waals surface area contributed by atoms with Crippen molar-refractivity contribution in [1.82, 2.24) is 9.88 Å². The zero-order valence-electron chi connectivity index (χ0n) is 16.8. The Bertz CT molecular complexity index is 1030. The number of nitriles is 1. The second-order valence-corrected chi connectivity index (χ2v) is 8.96. The van der Waals surface area contributed by atoms with Gasteiger partial charge in [-0.15, -0.1) is 11.3 Å². The van der Waals surface area contributed by atoms with Gasteiger partial charge in [0.05, 0.1) is 47.8 Å². The number of para-hydroxylation sites is 1. The Morgan fingerprint density at radius 1 is 1.13 bits per heavy atom. The van der Waals surface area contributed by atoms with Crippen LogP contribution in [-0.2, 0) is 11.3 Å². The smallest absolute Gasteiger partial charge is 0.121 e. The van der Waals surface area contributed by atoms with E-state index in [1.165, 1.54) is 4.70 Å². The molecule has 7 heteroatoms. The zero-order chi connectivity index (χ0) is 20.3. The number of thiazole rings is 1. The van der Waals surface area contributed by atoms with Crippen molar-refractivity contribution in [3.05, 3.63) is 53.0 Å². The average molecular weight is 421 g/mol. The summed E-state index contributed by atoms with van der Waals surface area (Å²) in [5.41, 5.74) is 2.76. The van der Waals surface area contributed by atoms with Crippen molar-refractivity contribution in [2.45, 2.75) is 6.54 Å². The van der Waals surface area contributed by atoms with Gasteiger partial charge in [-0.05, 0) is 24.3 Å². The van der Waals surface area contributed by atoms with Crippen molar-refractivity contribution in [3.63, 3.8) is 0 Å². The second-order valence-electron chi connectivity index (χ2n) is 7.84. The van der Waals surface area contributed by atoms with Crippen LogP contribution in [0.2, 0.25) is 0 Å². The van der Waals surface area contributed by atoms with Crippen LogP contribution in [0.25, 0.3) is 10.2 Å². The molecule has 6 nitrogen and oxygen atoms in total. The van der Waals surface area contributed by atoms with Gasteiger partial charge in [0, 0.05) is 38.2 Å². The van der Waals surface area contributed by atoms with Crippen LogP contribution in [0.3, 0.4) is 0 Å². The summed E-state index contributed by atoms with van der Waals surface area (Å²) in [5.74, 6) is 1.31. The summed E-state index contributed by atoms with van der Waals surface area (Å²) >= 11 is 1.78. The average Bonchev–Trinajstić information content (AvgIpc) is 3.15. The summed E-state index contributed by atoms with van der Waals surface area (Å²) < 4.78 is 12.4. The van der Waals surface area contributed by atoms with E-state index in [4.69, 9.17) is 14.5 Å². The Balaban J connectivity index is 1.22. The van der Waals surface area contributed by atoms with Gasteiger partial charge >= 0.3 is 0 Å². The van der Waals surface area contributed by atoms with Crippen molar-refractivity contribution >= 4 is 27.2 Å². The second kappa shape index (κ2) is 8.60. The lowest BCUT2D eigenvalue weighted by atomic mass is 10.1. The molecule has 30 heavy (non-hydrogen) atoms. The van der Waals surface area contributed by atoms with Crippen molar-refractivity contribution in [2.75, 3.05) is 50.9 Å². The highest BCUT2D eigenvalue weighted by molar-refractivity contribution is 7.18. The number of anilines is 1. The van der Waals surface area contributed by atoms with E-state index in [9.17, 15) is 5.26 Å². The molecule has 0 amide bonds. The number of hydrogen-bond donors (Lipinski definition) is 0. The fourth-order valence-electron chi connectivity index (χ4n) is 3.88. The molecule has 2 aromatic carbocycles. The molecule has 1 aromatic heterocycles. The van der Waals surface area contributed by atoms with E-state index in [2.05, 4.69) is 34.1 Å². The van der Waals surface area contributed by atoms with Crippen LogP contribution >= 0.6 is 11.3 Å². The summed E-state index contributed by atoms with van der Waals surface area (Å²) in [6.45, 7) is 6.78. The van der Waals surface area contributed by atoms with Gasteiger partial charge < -0.3 is 14.4 Å². The highest BCUT2D eigenvalue weighted by Crippen LogP contribution is 2.28. The van der Waals surface area contributed by atoms with Gasteiger partial charge in [-0.2, -0.15) is 5.26 Å². The minimum atomic E-state index is 0.482. The minimum Gasteiger partial charge on any atom is -0.493 e. The molecule has 0 saturated carbocycles. The molecule has 3 heterocycles. The van der Waals surface area contributed by atoms with E-state index in [0.29, 0.717) is 18.1 Å². The van der Waals surface area contributed by atoms with Crippen LogP contribution in [0.15, 0.2) is 42.5 Å². The molecule has 0 atom stereocenters. The predicted molar refractivity (Wildman–Crippen MR) is 118 cm³/mol. The molecular weight excluding hydrogens is 396 g/mol. The lowest BCUT2D eigenvalue weighted by molar-refractivity contribution is -0.0508. The molecule has 0 N–H and O–H groups in total. The predicted octanol–water partition coefficient (Wildman–Crippen LogP) is 3.52. The molecule has 0 radical (unpaired) electrons. The van der Waals surface area contributed by atoms with E-state index in [1.54, 1.807) is 11.3 Å². The van der Waals surface area contributed by atoms with Crippen LogP contribution in [0.1, 0.15) is 10.6 Å². The number of rotatable bonds is 6. The first-order valence-corrected chi connectivity index (χ1v) is 11.2. The number of benzene rings is 2. The quantitative estimate of drug-likeness (QED) is 0.608. The summed E-state index contributed by atoms with van der Waals surface area (Å²) in [6, 6.07) is 16.4. The van der Waals surface area contributed by atoms with Crippen LogP contribution in [-0.4, -0.2) is 55.9 Å². The fraction of sp³-hybridized carbons (Fsp3) is 0.391. The summed E-state index contributed by atoms with van der Waals surface area (Å²) in [4.78, 5) is 9.50. The van der Waals surface area contributed by atoms with Crippen LogP contribution < -0.4 is 9.64 Å². The van der Waals surface area contributed by atoms with Gasteiger partial charge in [-0.1, -0.05) is 12.1 Å². The number of nitrogens with zero attached hydrogens (tertiary/aromatic N) is 4. The maximum absolute atomic E-state index is 9.57. The first-order valence-electron chi connectivity index (χ1n) is 10.3. The van der Waals surface area contributed by atoms with Crippen LogP contribution in [0, 0.1) is 17.2 Å². The first-order chi connectivity index (χ1) is 14.8. The number of piperazine rings is 1. The Morgan fingerprint density at radius 2 is 1.97 bits per heavy atom. The zero-order valence-corrected chi connectivity index (χ0v) is 17.6. The summed E-state index contributed by atoms with van der Waals surface area (Å²) in [5, 5.41) is 10.7. The van der Waals surface area contributed by atoms with Crippen LogP contribution in [0.4, 0.5) is 5.69 Å². The molecule has 0 bridgehead atoms. The summed E-state index contributed by atoms with van der Waals surface area (Å²) in [6.07, 6.45) is 0. The number of hydrogen-bond acceptors (Lipinski definition) is 7. The first kappa shape index (κ1) is 19.3. The maximum atomic E-state index is 9.57. The molecule has 3 aromatic rings. The number of aromatic nitrogens is 1. The minimum absolute atomic E-state index is 0.482. The Labute approximate surface area is 180 Å². The van der Waals surface area contributed by atoms with Crippen molar-refractivity contribution < 1.29 is 9.47 Å². The third-order valence-corrected chi connectivity index (χ3v) is 6.71. The number of fused-ring (bicyclic) bond motifs is 1. The molecule has 2 saturated heterocycles. The van der Waals surface area contributed by atoms with Gasteiger partial charge in [0.15, 0.2) is 0 Å². The molecule has 2 aliphatic rings. The van der Waals surface area contributed by atoms with Gasteiger partial charge in [0.25, 0.3) is 0 Å². The summed E-state index contributed by atoms with van der Waals surface area (Å²) in [7, 11) is 0. The Hall–Kier alpha value is -2.66. The third-order valence-electron chi connectivity index (χ3n) is 5.69. The molecule has 154 valence electrons. The van der Waals surface area contributed by atoms with Gasteiger partial charge in [-0.25, -0.2) is 4.98 Å². The monoisotopic (exact) mass is 420 g/mol. The standard InChI is InChI=1S/C23H24N4O2S/c24-12-18-5-6-19(29-16-17-14-28-15-17)11-21(18)27-9-7-26(8-10-27)13-23-25-20-3-1-2-4-22(20)30-23/h1-6,11,17H,7-10,13-16H2. The highest BCUT2D eigenvalue weighted by atomic mass is 32.1. The number of ether oxygens (including phenoxy) is 2. The van der Waals surface area contributed by atoms with Crippen LogP contribution in [0.5, 0.6) is 5.75 Å². The molecule has 2 aliphatic heterocycles. The van der Waals surface area contributed by atoms with Gasteiger partial charge in [0.2, 0.25) is 0 Å². The maximum Gasteiger partial charge on any atom is 0.121 e. The largest absolute Gasteiger partial charge is 0.493 e. The molecule has 5 rings (SSSR count). The fourth-order valence-corrected chi connectivity index (χ4v) is 4.89. The van der Waals surface area contributed by atoms with E-state index in [0.717, 1.165) is 67.9 Å². The normalized spacial score (nSPS) is 17.6. The van der Waals surface area contributed by atoms with E-state index < -0.39 is 0 Å². The molecular formula is C23H24N4O2S. The van der Waals surface area contributed by atoms with Crippen molar-refractivity contribution in [2.24, 2.45) is 5.92 Å². The van der Waals surface area contributed by atoms with E-state index >= 15 is 0 Å². The lowest BCUT2D eigenvalue weighted by Gasteiger charge is -2.36. The molecule has 2 fully saturated rings. The van der Waals surface area contributed by atoms with E-state index in [1.807, 2.05) is 24.3 Å². The Kier molecular flexibility index (Phi) is 5.54.